The van der Waals surface area contributed by atoms with Gasteiger partial charge >= 0.3 is 0 Å². The summed E-state index contributed by atoms with van der Waals surface area (Å²) >= 11 is 5.94. The molecule has 0 saturated carbocycles. The van der Waals surface area contributed by atoms with Crippen molar-refractivity contribution >= 4 is 37.2 Å². The zero-order valence-corrected chi connectivity index (χ0v) is 12.7. The van der Waals surface area contributed by atoms with Gasteiger partial charge in [-0.15, -0.1) is 0 Å². The van der Waals surface area contributed by atoms with Crippen molar-refractivity contribution in [2.75, 3.05) is 12.3 Å². The van der Waals surface area contributed by atoms with Crippen molar-refractivity contribution in [1.82, 2.24) is 4.90 Å². The Morgan fingerprint density at radius 1 is 1.40 bits per heavy atom. The lowest BCUT2D eigenvalue weighted by Crippen LogP contribution is -2.25. The zero-order chi connectivity index (χ0) is 14.9. The highest BCUT2D eigenvalue weighted by Gasteiger charge is 2.32. The molecule has 0 spiro atoms. The highest BCUT2D eigenvalue weighted by atomic mass is 35.7. The van der Waals surface area contributed by atoms with E-state index in [2.05, 4.69) is 0 Å². The normalized spacial score (nSPS) is 19.6. The van der Waals surface area contributed by atoms with Gasteiger partial charge in [-0.1, -0.05) is 11.6 Å². The van der Waals surface area contributed by atoms with E-state index >= 15 is 0 Å². The molecule has 0 aliphatic carbocycles. The molecule has 1 amide bonds. The van der Waals surface area contributed by atoms with Crippen LogP contribution in [0.4, 0.5) is 4.39 Å². The smallest absolute Gasteiger partial charge is 0.232 e. The van der Waals surface area contributed by atoms with E-state index in [1.165, 1.54) is 23.1 Å². The first-order chi connectivity index (χ1) is 9.24. The van der Waals surface area contributed by atoms with Crippen LogP contribution in [0, 0.1) is 11.7 Å². The molecule has 0 radical (unpaired) electrons. The third kappa shape index (κ3) is 4.07. The van der Waals surface area contributed by atoms with Crippen molar-refractivity contribution < 1.29 is 17.6 Å². The maximum absolute atomic E-state index is 13.2. The van der Waals surface area contributed by atoms with Crippen molar-refractivity contribution in [1.29, 1.82) is 0 Å². The SMILES string of the molecule is O=C1CC(CS(=O)(=O)Cl)CN1Cc1cc(F)ccc1Cl. The van der Waals surface area contributed by atoms with Crippen molar-refractivity contribution in [2.45, 2.75) is 13.0 Å². The fraction of sp³-hybridized carbons (Fsp3) is 0.417. The third-order valence-electron chi connectivity index (χ3n) is 3.10. The highest BCUT2D eigenvalue weighted by Crippen LogP contribution is 2.25. The molecule has 1 unspecified atom stereocenters. The molecule has 2 rings (SSSR count). The molecule has 1 aliphatic heterocycles. The summed E-state index contributed by atoms with van der Waals surface area (Å²) in [4.78, 5) is 13.3. The summed E-state index contributed by atoms with van der Waals surface area (Å²) in [5, 5.41) is 0.368. The Morgan fingerprint density at radius 2 is 2.10 bits per heavy atom. The number of amides is 1. The zero-order valence-electron chi connectivity index (χ0n) is 10.4. The van der Waals surface area contributed by atoms with Gasteiger partial charge in [0.05, 0.1) is 5.75 Å². The van der Waals surface area contributed by atoms with Crippen LogP contribution in [0.1, 0.15) is 12.0 Å². The molecular weight excluding hydrogens is 328 g/mol. The number of benzene rings is 1. The predicted molar refractivity (Wildman–Crippen MR) is 74.6 cm³/mol. The first kappa shape index (κ1) is 15.5. The van der Waals surface area contributed by atoms with E-state index in [-0.39, 0.29) is 37.1 Å². The topological polar surface area (TPSA) is 54.5 Å². The molecule has 1 aromatic rings. The van der Waals surface area contributed by atoms with Gasteiger partial charge in [0.2, 0.25) is 15.0 Å². The lowest BCUT2D eigenvalue weighted by molar-refractivity contribution is -0.128. The molecule has 0 bridgehead atoms. The fourth-order valence-corrected chi connectivity index (χ4v) is 3.77. The van der Waals surface area contributed by atoms with Gasteiger partial charge in [0, 0.05) is 41.1 Å². The van der Waals surface area contributed by atoms with E-state index in [0.717, 1.165) is 0 Å². The van der Waals surface area contributed by atoms with E-state index in [0.29, 0.717) is 10.6 Å². The summed E-state index contributed by atoms with van der Waals surface area (Å²) in [6.45, 7) is 0.436. The fourth-order valence-electron chi connectivity index (χ4n) is 2.27. The number of likely N-dealkylation sites (tertiary alicyclic amines) is 1. The Bertz CT molecular complexity index is 636. The van der Waals surface area contributed by atoms with Crippen molar-refractivity contribution in [3.8, 4) is 0 Å². The van der Waals surface area contributed by atoms with Crippen LogP contribution in [0.25, 0.3) is 0 Å². The number of rotatable bonds is 4. The molecule has 1 atom stereocenters. The summed E-state index contributed by atoms with van der Waals surface area (Å²) in [7, 11) is 1.55. The standard InChI is InChI=1S/C12H12Cl2FNO3S/c13-11-2-1-10(15)4-9(11)6-16-5-8(3-12(16)17)7-20(14,18)19/h1-2,4,8H,3,5-7H2. The number of carbonyl (C=O) groups is 1. The molecule has 1 saturated heterocycles. The maximum atomic E-state index is 13.2. The minimum absolute atomic E-state index is 0.124. The summed E-state index contributed by atoms with van der Waals surface area (Å²) in [6.07, 6.45) is 0.124. The molecule has 1 aliphatic rings. The van der Waals surface area contributed by atoms with Crippen LogP contribution in [0.3, 0.4) is 0 Å². The summed E-state index contributed by atoms with van der Waals surface area (Å²) < 4.78 is 35.2. The van der Waals surface area contributed by atoms with E-state index < -0.39 is 14.9 Å². The molecular formula is C12H12Cl2FNO3S. The Labute approximate surface area is 125 Å². The molecule has 4 nitrogen and oxygen atoms in total. The number of nitrogens with zero attached hydrogens (tertiary/aromatic N) is 1. The Kier molecular flexibility index (Phi) is 4.56. The molecule has 20 heavy (non-hydrogen) atoms. The molecule has 0 aromatic heterocycles. The van der Waals surface area contributed by atoms with Gasteiger partial charge in [0.25, 0.3) is 0 Å². The van der Waals surface area contributed by atoms with Gasteiger partial charge in [-0.25, -0.2) is 12.8 Å². The van der Waals surface area contributed by atoms with Crippen LogP contribution in [-0.4, -0.2) is 31.5 Å². The predicted octanol–water partition coefficient (Wildman–Crippen LogP) is 2.40. The summed E-state index contributed by atoms with van der Waals surface area (Å²) in [5.41, 5.74) is 0.495. The van der Waals surface area contributed by atoms with Crippen LogP contribution in [0.2, 0.25) is 5.02 Å². The minimum Gasteiger partial charge on any atom is -0.338 e. The Hall–Kier alpha value is -0.850. The van der Waals surface area contributed by atoms with Gasteiger partial charge < -0.3 is 4.90 Å². The second kappa shape index (κ2) is 5.87. The van der Waals surface area contributed by atoms with Gasteiger partial charge in [-0.2, -0.15) is 0 Å². The van der Waals surface area contributed by atoms with Gasteiger partial charge in [0.15, 0.2) is 0 Å². The van der Waals surface area contributed by atoms with E-state index in [1.54, 1.807) is 0 Å². The quantitative estimate of drug-likeness (QED) is 0.791. The van der Waals surface area contributed by atoms with Gasteiger partial charge in [-0.05, 0) is 23.8 Å². The molecule has 110 valence electrons. The van der Waals surface area contributed by atoms with Crippen LogP contribution in [-0.2, 0) is 20.4 Å². The van der Waals surface area contributed by atoms with E-state index in [9.17, 15) is 17.6 Å². The van der Waals surface area contributed by atoms with Crippen molar-refractivity contribution in [3.05, 3.63) is 34.6 Å². The summed E-state index contributed by atoms with van der Waals surface area (Å²) in [5.74, 6) is -1.20. The highest BCUT2D eigenvalue weighted by molar-refractivity contribution is 8.13. The largest absolute Gasteiger partial charge is 0.338 e. The average Bonchev–Trinajstić information content (AvgIpc) is 2.62. The van der Waals surface area contributed by atoms with Gasteiger partial charge in [0.1, 0.15) is 5.82 Å². The summed E-state index contributed by atoms with van der Waals surface area (Å²) in [6, 6.07) is 3.93. The molecule has 1 fully saturated rings. The Balaban J connectivity index is 2.07. The average molecular weight is 340 g/mol. The monoisotopic (exact) mass is 339 g/mol. The molecule has 0 N–H and O–H groups in total. The van der Waals surface area contributed by atoms with Crippen LogP contribution in [0.5, 0.6) is 0 Å². The number of hydrogen-bond acceptors (Lipinski definition) is 3. The maximum Gasteiger partial charge on any atom is 0.232 e. The first-order valence-electron chi connectivity index (χ1n) is 5.88. The first-order valence-corrected chi connectivity index (χ1v) is 8.74. The minimum atomic E-state index is -3.63. The lowest BCUT2D eigenvalue weighted by Gasteiger charge is -2.17. The van der Waals surface area contributed by atoms with E-state index in [4.69, 9.17) is 22.3 Å². The van der Waals surface area contributed by atoms with Gasteiger partial charge in [-0.3, -0.25) is 4.79 Å². The number of halogens is 3. The molecule has 1 aromatic carbocycles. The van der Waals surface area contributed by atoms with E-state index in [1.807, 2.05) is 0 Å². The Morgan fingerprint density at radius 3 is 2.75 bits per heavy atom. The number of hydrogen-bond donors (Lipinski definition) is 0. The second-order valence-corrected chi connectivity index (χ2v) is 8.01. The van der Waals surface area contributed by atoms with Crippen LogP contribution < -0.4 is 0 Å². The van der Waals surface area contributed by atoms with Crippen LogP contribution >= 0.6 is 22.3 Å². The van der Waals surface area contributed by atoms with Crippen LogP contribution in [0.15, 0.2) is 18.2 Å². The number of carbonyl (C=O) groups excluding carboxylic acids is 1. The molecule has 1 heterocycles. The molecule has 8 heteroatoms. The van der Waals surface area contributed by atoms with Crippen molar-refractivity contribution in [2.24, 2.45) is 5.92 Å². The third-order valence-corrected chi connectivity index (χ3v) is 4.71. The second-order valence-electron chi connectivity index (χ2n) is 4.79. The van der Waals surface area contributed by atoms with Crippen molar-refractivity contribution in [3.63, 3.8) is 0 Å². The lowest BCUT2D eigenvalue weighted by atomic mass is 10.1.